The molecule has 3 heteroatoms. The number of nitrogens with one attached hydrogen (secondary N) is 1. The van der Waals surface area contributed by atoms with Crippen LogP contribution in [0.1, 0.15) is 5.56 Å². The van der Waals surface area contributed by atoms with Crippen LogP contribution in [0.25, 0.3) is 0 Å². The lowest BCUT2D eigenvalue weighted by molar-refractivity contribution is 0.938. The molecule has 0 aliphatic heterocycles. The van der Waals surface area contributed by atoms with Crippen molar-refractivity contribution in [2.75, 3.05) is 13.6 Å². The molecule has 1 rings (SSSR count). The van der Waals surface area contributed by atoms with Crippen LogP contribution in [0.15, 0.2) is 11.4 Å². The lowest BCUT2D eigenvalue weighted by atomic mass is 10.3. The van der Waals surface area contributed by atoms with Gasteiger partial charge in [0.1, 0.15) is 4.34 Å². The number of rotatable bonds is 1. The van der Waals surface area contributed by atoms with E-state index in [0.717, 1.165) is 9.90 Å². The van der Waals surface area contributed by atoms with E-state index < -0.39 is 0 Å². The SMILES string of the molecule is CNCC#Cc1ccsc1Cl. The maximum Gasteiger partial charge on any atom is 0.108 e. The Morgan fingerprint density at radius 1 is 1.73 bits per heavy atom. The van der Waals surface area contributed by atoms with E-state index >= 15 is 0 Å². The van der Waals surface area contributed by atoms with Crippen molar-refractivity contribution in [3.05, 3.63) is 21.3 Å². The fraction of sp³-hybridized carbons (Fsp3) is 0.250. The predicted octanol–water partition coefficient (Wildman–Crippen LogP) is 1.97. The first kappa shape index (κ1) is 8.61. The quantitative estimate of drug-likeness (QED) is 0.660. The van der Waals surface area contributed by atoms with Gasteiger partial charge < -0.3 is 5.32 Å². The van der Waals surface area contributed by atoms with Crippen molar-refractivity contribution < 1.29 is 0 Å². The first-order chi connectivity index (χ1) is 5.34. The largest absolute Gasteiger partial charge is 0.309 e. The van der Waals surface area contributed by atoms with Gasteiger partial charge in [-0.2, -0.15) is 0 Å². The van der Waals surface area contributed by atoms with Gasteiger partial charge in [0.05, 0.1) is 12.1 Å². The molecule has 0 amide bonds. The van der Waals surface area contributed by atoms with Gasteiger partial charge in [-0.1, -0.05) is 23.4 Å². The van der Waals surface area contributed by atoms with Crippen LogP contribution in [0.3, 0.4) is 0 Å². The Hall–Kier alpha value is -0.490. The van der Waals surface area contributed by atoms with Crippen LogP contribution in [-0.4, -0.2) is 13.6 Å². The van der Waals surface area contributed by atoms with Crippen LogP contribution in [-0.2, 0) is 0 Å². The van der Waals surface area contributed by atoms with E-state index in [9.17, 15) is 0 Å². The van der Waals surface area contributed by atoms with Crippen LogP contribution in [0.5, 0.6) is 0 Å². The molecule has 1 aromatic heterocycles. The molecular formula is C8H8ClNS. The monoisotopic (exact) mass is 185 g/mol. The summed E-state index contributed by atoms with van der Waals surface area (Å²) in [6, 6.07) is 1.93. The Bertz CT molecular complexity index is 282. The molecule has 1 nitrogen and oxygen atoms in total. The van der Waals surface area contributed by atoms with E-state index in [1.165, 1.54) is 11.3 Å². The smallest absolute Gasteiger partial charge is 0.108 e. The van der Waals surface area contributed by atoms with Gasteiger partial charge in [0.2, 0.25) is 0 Å². The fourth-order valence-corrected chi connectivity index (χ4v) is 1.44. The van der Waals surface area contributed by atoms with Gasteiger partial charge in [0.25, 0.3) is 0 Å². The molecule has 0 atom stereocenters. The normalized spacial score (nSPS) is 8.91. The van der Waals surface area contributed by atoms with Crippen molar-refractivity contribution in [2.24, 2.45) is 0 Å². The molecule has 0 spiro atoms. The van der Waals surface area contributed by atoms with Crippen molar-refractivity contribution >= 4 is 22.9 Å². The molecule has 0 fully saturated rings. The van der Waals surface area contributed by atoms with Crippen molar-refractivity contribution in [2.45, 2.75) is 0 Å². The summed E-state index contributed by atoms with van der Waals surface area (Å²) < 4.78 is 0.772. The molecular weight excluding hydrogens is 178 g/mol. The highest BCUT2D eigenvalue weighted by Crippen LogP contribution is 2.21. The van der Waals surface area contributed by atoms with Crippen molar-refractivity contribution in [1.29, 1.82) is 0 Å². The molecule has 0 aliphatic rings. The Kier molecular flexibility index (Phi) is 3.44. The second kappa shape index (κ2) is 4.40. The van der Waals surface area contributed by atoms with Gasteiger partial charge in [-0.3, -0.25) is 0 Å². The summed E-state index contributed by atoms with van der Waals surface area (Å²) in [4.78, 5) is 0. The third-order valence-electron chi connectivity index (χ3n) is 1.11. The van der Waals surface area contributed by atoms with E-state index in [2.05, 4.69) is 17.2 Å². The third kappa shape index (κ3) is 2.55. The van der Waals surface area contributed by atoms with Crippen molar-refractivity contribution in [1.82, 2.24) is 5.32 Å². The average molecular weight is 186 g/mol. The van der Waals surface area contributed by atoms with Gasteiger partial charge in [-0.15, -0.1) is 11.3 Å². The van der Waals surface area contributed by atoms with Gasteiger partial charge in [-0.05, 0) is 18.5 Å². The molecule has 1 N–H and O–H groups in total. The lowest BCUT2D eigenvalue weighted by Gasteiger charge is -1.83. The molecule has 0 unspecified atom stereocenters. The van der Waals surface area contributed by atoms with Crippen LogP contribution < -0.4 is 5.32 Å². The van der Waals surface area contributed by atoms with Crippen LogP contribution in [0.4, 0.5) is 0 Å². The molecule has 1 aromatic rings. The fourth-order valence-electron chi connectivity index (χ4n) is 0.609. The minimum absolute atomic E-state index is 0.701. The zero-order valence-corrected chi connectivity index (χ0v) is 7.72. The van der Waals surface area contributed by atoms with Gasteiger partial charge >= 0.3 is 0 Å². The minimum Gasteiger partial charge on any atom is -0.309 e. The molecule has 0 radical (unpaired) electrons. The Balaban J connectivity index is 2.65. The third-order valence-corrected chi connectivity index (χ3v) is 2.28. The molecule has 0 aromatic carbocycles. The summed E-state index contributed by atoms with van der Waals surface area (Å²) in [7, 11) is 1.86. The number of halogens is 1. The van der Waals surface area contributed by atoms with Gasteiger partial charge in [0.15, 0.2) is 0 Å². The van der Waals surface area contributed by atoms with Crippen LogP contribution in [0, 0.1) is 11.8 Å². The topological polar surface area (TPSA) is 12.0 Å². The number of thiophene rings is 1. The maximum atomic E-state index is 5.81. The summed E-state index contributed by atoms with van der Waals surface area (Å²) in [6.07, 6.45) is 0. The maximum absolute atomic E-state index is 5.81. The molecule has 0 aliphatic carbocycles. The predicted molar refractivity (Wildman–Crippen MR) is 50.1 cm³/mol. The second-order valence-electron chi connectivity index (χ2n) is 1.94. The molecule has 58 valence electrons. The summed E-state index contributed by atoms with van der Waals surface area (Å²) in [5.41, 5.74) is 0.923. The van der Waals surface area contributed by atoms with Crippen LogP contribution in [0.2, 0.25) is 4.34 Å². The Labute approximate surface area is 75.4 Å². The minimum atomic E-state index is 0.701. The van der Waals surface area contributed by atoms with E-state index in [1.807, 2.05) is 18.5 Å². The number of hydrogen-bond donors (Lipinski definition) is 1. The summed E-state index contributed by atoms with van der Waals surface area (Å²) in [6.45, 7) is 0.701. The first-order valence-corrected chi connectivity index (χ1v) is 4.47. The number of hydrogen-bond acceptors (Lipinski definition) is 2. The van der Waals surface area contributed by atoms with Crippen LogP contribution >= 0.6 is 22.9 Å². The Morgan fingerprint density at radius 3 is 3.09 bits per heavy atom. The molecule has 1 heterocycles. The van der Waals surface area contributed by atoms with Crippen molar-refractivity contribution in [3.63, 3.8) is 0 Å². The van der Waals surface area contributed by atoms with Gasteiger partial charge in [-0.25, -0.2) is 0 Å². The standard InChI is InChI=1S/C8H8ClNS/c1-10-5-2-3-7-4-6-11-8(7)9/h4,6,10H,5H2,1H3. The van der Waals surface area contributed by atoms with E-state index in [-0.39, 0.29) is 0 Å². The zero-order valence-electron chi connectivity index (χ0n) is 6.15. The van der Waals surface area contributed by atoms with E-state index in [1.54, 1.807) is 0 Å². The molecule has 11 heavy (non-hydrogen) atoms. The van der Waals surface area contributed by atoms with E-state index in [0.29, 0.717) is 6.54 Å². The highest BCUT2D eigenvalue weighted by molar-refractivity contribution is 7.14. The summed E-state index contributed by atoms with van der Waals surface area (Å²) >= 11 is 7.32. The average Bonchev–Trinajstić information content (AvgIpc) is 2.37. The molecule has 0 saturated heterocycles. The zero-order chi connectivity index (χ0) is 8.10. The highest BCUT2D eigenvalue weighted by Gasteiger charge is 1.94. The second-order valence-corrected chi connectivity index (χ2v) is 3.46. The Morgan fingerprint density at radius 2 is 2.55 bits per heavy atom. The summed E-state index contributed by atoms with van der Waals surface area (Å²) in [5.74, 6) is 5.90. The summed E-state index contributed by atoms with van der Waals surface area (Å²) in [5, 5.41) is 4.87. The van der Waals surface area contributed by atoms with E-state index in [4.69, 9.17) is 11.6 Å². The first-order valence-electron chi connectivity index (χ1n) is 3.21. The van der Waals surface area contributed by atoms with Gasteiger partial charge in [0, 0.05) is 0 Å². The lowest BCUT2D eigenvalue weighted by Crippen LogP contribution is -2.04. The highest BCUT2D eigenvalue weighted by atomic mass is 35.5. The van der Waals surface area contributed by atoms with Crippen molar-refractivity contribution in [3.8, 4) is 11.8 Å². The molecule has 0 bridgehead atoms. The molecule has 0 saturated carbocycles.